The van der Waals surface area contributed by atoms with Crippen molar-refractivity contribution < 1.29 is 39.5 Å². The maximum absolute atomic E-state index is 11.5. The van der Waals surface area contributed by atoms with Crippen molar-refractivity contribution in [3.8, 4) is 0 Å². The van der Waals surface area contributed by atoms with Crippen molar-refractivity contribution in [2.24, 2.45) is 10.9 Å². The number of rotatable bonds is 10. The van der Waals surface area contributed by atoms with Gasteiger partial charge in [-0.25, -0.2) is 19.6 Å². The van der Waals surface area contributed by atoms with Crippen LogP contribution in [0.25, 0.3) is 0 Å². The van der Waals surface area contributed by atoms with E-state index in [0.29, 0.717) is 5.56 Å². The highest BCUT2D eigenvalue weighted by Gasteiger charge is 2.46. The monoisotopic (exact) mass is 434 g/mol. The second-order valence-corrected chi connectivity index (χ2v) is 8.75. The molecule has 0 saturated heterocycles. The van der Waals surface area contributed by atoms with Gasteiger partial charge in [0.05, 0.1) is 17.2 Å². The van der Waals surface area contributed by atoms with E-state index in [1.54, 1.807) is 18.2 Å². The molecule has 2 aromatic rings. The molecule has 0 bridgehead atoms. The summed E-state index contributed by atoms with van der Waals surface area (Å²) in [6, 6.07) is 13.7. The van der Waals surface area contributed by atoms with E-state index in [2.05, 4.69) is 4.99 Å². The summed E-state index contributed by atoms with van der Waals surface area (Å²) in [4.78, 5) is 59.8. The fraction of sp³-hybridized carbons (Fsp3) is 0.200. The minimum absolute atomic E-state index is 0.0197. The lowest BCUT2D eigenvalue weighted by Crippen LogP contribution is -2.24. The molecule has 0 aliphatic heterocycles. The second kappa shape index (κ2) is 10.1. The Labute approximate surface area is 172 Å². The standard InChI is InChI=1S/C20H20NO8P/c22-17(23)11-10-14(19(24)25)12-30(28,29)18(13-6-2-1-3-7-13)21-16-9-5-4-8-15(16)20(26)27/h1-9,14,28-29H,10-12H2,(H2-,22,23,24,25,26,27)/p+1. The summed E-state index contributed by atoms with van der Waals surface area (Å²) < 4.78 is 0. The van der Waals surface area contributed by atoms with Crippen molar-refractivity contribution in [2.75, 3.05) is 6.16 Å². The molecule has 0 aromatic heterocycles. The number of carbonyl (C=O) groups is 3. The van der Waals surface area contributed by atoms with Gasteiger partial charge in [0.15, 0.2) is 0 Å². The van der Waals surface area contributed by atoms with E-state index in [4.69, 9.17) is 5.11 Å². The molecule has 0 spiro atoms. The first-order chi connectivity index (χ1) is 14.1. The number of carboxylic acids is 3. The van der Waals surface area contributed by atoms with Gasteiger partial charge in [0, 0.05) is 12.0 Å². The molecular weight excluding hydrogens is 413 g/mol. The van der Waals surface area contributed by atoms with Crippen molar-refractivity contribution in [1.82, 2.24) is 0 Å². The molecule has 1 unspecified atom stereocenters. The van der Waals surface area contributed by atoms with Crippen LogP contribution in [0.15, 0.2) is 59.6 Å². The zero-order valence-electron chi connectivity index (χ0n) is 15.8. The maximum atomic E-state index is 11.5. The third-order valence-corrected chi connectivity index (χ3v) is 6.25. The predicted octanol–water partition coefficient (Wildman–Crippen LogP) is 2.86. The first kappa shape index (κ1) is 23.2. The third-order valence-electron chi connectivity index (χ3n) is 4.26. The Hall–Kier alpha value is -3.13. The lowest BCUT2D eigenvalue weighted by atomic mass is 10.1. The molecule has 30 heavy (non-hydrogen) atoms. The van der Waals surface area contributed by atoms with Gasteiger partial charge in [-0.2, -0.15) is 0 Å². The van der Waals surface area contributed by atoms with Crippen LogP contribution in [-0.2, 0) is 9.59 Å². The number of benzene rings is 2. The summed E-state index contributed by atoms with van der Waals surface area (Å²) in [5.41, 5.74) is -0.128. The van der Waals surface area contributed by atoms with Crippen molar-refractivity contribution in [2.45, 2.75) is 12.8 Å². The van der Waals surface area contributed by atoms with E-state index >= 15 is 0 Å². The molecule has 2 rings (SSSR count). The van der Waals surface area contributed by atoms with E-state index in [0.717, 1.165) is 0 Å². The number of aliphatic carboxylic acids is 2. The molecule has 0 heterocycles. The largest absolute Gasteiger partial charge is 0.481 e. The number of hydrogen-bond acceptors (Lipinski definition) is 6. The van der Waals surface area contributed by atoms with Gasteiger partial charge < -0.3 is 15.3 Å². The summed E-state index contributed by atoms with van der Waals surface area (Å²) in [5, 5.41) is 27.6. The van der Waals surface area contributed by atoms with E-state index in [9.17, 15) is 34.4 Å². The van der Waals surface area contributed by atoms with Crippen molar-refractivity contribution in [1.29, 1.82) is 0 Å². The molecule has 0 radical (unpaired) electrons. The fourth-order valence-electron chi connectivity index (χ4n) is 2.79. The zero-order chi connectivity index (χ0) is 22.3. The van der Waals surface area contributed by atoms with Crippen molar-refractivity contribution >= 4 is 36.8 Å². The summed E-state index contributed by atoms with van der Waals surface area (Å²) >= 11 is 0. The molecule has 2 aromatic carbocycles. The van der Waals surface area contributed by atoms with Crippen LogP contribution < -0.4 is 0 Å². The van der Waals surface area contributed by atoms with Crippen LogP contribution in [0.4, 0.5) is 5.69 Å². The summed E-state index contributed by atoms with van der Waals surface area (Å²) in [7, 11) is -4.18. The molecule has 0 fully saturated rings. The zero-order valence-corrected chi connectivity index (χ0v) is 16.6. The molecule has 158 valence electrons. The summed E-state index contributed by atoms with van der Waals surface area (Å²) in [6.45, 7) is 0. The van der Waals surface area contributed by atoms with Gasteiger partial charge in [0.25, 0.3) is 0 Å². The minimum atomic E-state index is -4.18. The number of para-hydroxylation sites is 1. The average molecular weight is 434 g/mol. The van der Waals surface area contributed by atoms with Crippen LogP contribution >= 0.6 is 7.72 Å². The Balaban J connectivity index is 2.53. The molecule has 0 aliphatic carbocycles. The molecule has 0 saturated carbocycles. The highest BCUT2D eigenvalue weighted by molar-refractivity contribution is 7.82. The number of nitrogens with zero attached hydrogens (tertiary/aromatic N) is 1. The topological polar surface area (TPSA) is 165 Å². The first-order valence-corrected chi connectivity index (χ1v) is 10.7. The van der Waals surface area contributed by atoms with Gasteiger partial charge >= 0.3 is 25.6 Å². The van der Waals surface area contributed by atoms with Gasteiger partial charge in [-0.05, 0) is 30.7 Å². The van der Waals surface area contributed by atoms with Crippen LogP contribution in [0.5, 0.6) is 0 Å². The number of aromatic carboxylic acids is 1. The van der Waals surface area contributed by atoms with Crippen LogP contribution in [0.3, 0.4) is 0 Å². The smallest absolute Gasteiger partial charge is 0.337 e. The number of carboxylic acid groups (broad SMARTS) is 3. The Morgan fingerprint density at radius 2 is 1.50 bits per heavy atom. The van der Waals surface area contributed by atoms with E-state index < -0.39 is 44.1 Å². The quantitative estimate of drug-likeness (QED) is 0.281. The van der Waals surface area contributed by atoms with Crippen LogP contribution in [0.2, 0.25) is 0 Å². The Kier molecular flexibility index (Phi) is 7.77. The highest BCUT2D eigenvalue weighted by atomic mass is 31.2. The number of hydrogen-bond donors (Lipinski definition) is 5. The highest BCUT2D eigenvalue weighted by Crippen LogP contribution is 2.56. The second-order valence-electron chi connectivity index (χ2n) is 6.50. The predicted molar refractivity (Wildman–Crippen MR) is 110 cm³/mol. The average Bonchev–Trinajstić information content (AvgIpc) is 2.69. The number of aliphatic imine (C=N–C) groups is 1. The van der Waals surface area contributed by atoms with Crippen LogP contribution in [0.1, 0.15) is 28.8 Å². The molecule has 1 atom stereocenters. The lowest BCUT2D eigenvalue weighted by Gasteiger charge is -2.18. The molecular formula is C20H21NO8P+. The summed E-state index contributed by atoms with van der Waals surface area (Å²) in [6.07, 6.45) is -1.36. The van der Waals surface area contributed by atoms with Crippen LogP contribution in [-0.4, -0.2) is 54.6 Å². The van der Waals surface area contributed by atoms with Crippen LogP contribution in [0, 0.1) is 5.92 Å². The van der Waals surface area contributed by atoms with E-state index in [1.165, 1.54) is 36.4 Å². The maximum Gasteiger partial charge on any atom is 0.337 e. The molecule has 5 N–H and O–H groups in total. The SMILES string of the molecule is O=C(O)CCC(C[P+](O)(O)C(=Nc1ccccc1C(=O)O)c1ccccc1)C(=O)O. The first-order valence-electron chi connectivity index (χ1n) is 8.87. The van der Waals surface area contributed by atoms with Gasteiger partial charge in [-0.1, -0.05) is 30.3 Å². The van der Waals surface area contributed by atoms with Crippen molar-refractivity contribution in [3.63, 3.8) is 0 Å². The van der Waals surface area contributed by atoms with Gasteiger partial charge in [-0.15, -0.1) is 0 Å². The Morgan fingerprint density at radius 3 is 2.07 bits per heavy atom. The molecule has 0 amide bonds. The van der Waals surface area contributed by atoms with Gasteiger partial charge in [0.1, 0.15) is 6.16 Å². The van der Waals surface area contributed by atoms with Gasteiger partial charge in [0.2, 0.25) is 5.45 Å². The Morgan fingerprint density at radius 1 is 0.900 bits per heavy atom. The minimum Gasteiger partial charge on any atom is -0.481 e. The fourth-order valence-corrected chi connectivity index (χ4v) is 4.75. The Bertz CT molecular complexity index is 958. The normalized spacial score (nSPS) is 12.9. The van der Waals surface area contributed by atoms with E-state index in [-0.39, 0.29) is 23.1 Å². The van der Waals surface area contributed by atoms with E-state index in [1.807, 2.05) is 0 Å². The van der Waals surface area contributed by atoms with Crippen molar-refractivity contribution in [3.05, 3.63) is 65.7 Å². The van der Waals surface area contributed by atoms with Gasteiger partial charge in [-0.3, -0.25) is 9.59 Å². The summed E-state index contributed by atoms with van der Waals surface area (Å²) in [5.74, 6) is -5.14. The third kappa shape index (κ3) is 6.18. The molecule has 10 heteroatoms. The molecule has 9 nitrogen and oxygen atoms in total. The lowest BCUT2D eigenvalue weighted by molar-refractivity contribution is -0.142. The molecule has 0 aliphatic rings.